The molecule has 1 aromatic rings. The predicted octanol–water partition coefficient (Wildman–Crippen LogP) is 2.33. The van der Waals surface area contributed by atoms with E-state index in [1.165, 1.54) is 11.1 Å². The van der Waals surface area contributed by atoms with Gasteiger partial charge >= 0.3 is 0 Å². The van der Waals surface area contributed by atoms with Gasteiger partial charge in [-0.2, -0.15) is 0 Å². The van der Waals surface area contributed by atoms with Gasteiger partial charge in [-0.3, -0.25) is 4.98 Å². The van der Waals surface area contributed by atoms with Crippen molar-refractivity contribution in [3.05, 3.63) is 29.6 Å². The second kappa shape index (κ2) is 7.36. The van der Waals surface area contributed by atoms with Gasteiger partial charge in [0, 0.05) is 19.5 Å². The van der Waals surface area contributed by atoms with E-state index in [1.54, 1.807) is 7.11 Å². The van der Waals surface area contributed by atoms with Crippen molar-refractivity contribution in [3.8, 4) is 0 Å². The van der Waals surface area contributed by atoms with Crippen LogP contribution < -0.4 is 5.32 Å². The molecule has 3 nitrogen and oxygen atoms in total. The molecular weight excluding hydrogens is 200 g/mol. The van der Waals surface area contributed by atoms with E-state index >= 15 is 0 Å². The maximum atomic E-state index is 5.27. The zero-order valence-electron chi connectivity index (χ0n) is 10.5. The molecule has 0 amide bonds. The first-order valence-electron chi connectivity index (χ1n) is 5.98. The number of methoxy groups -OCH3 is 1. The zero-order valence-corrected chi connectivity index (χ0v) is 10.5. The highest BCUT2D eigenvalue weighted by atomic mass is 16.5. The highest BCUT2D eigenvalue weighted by Gasteiger charge is 2.13. The molecule has 0 aliphatic heterocycles. The molecule has 0 fully saturated rings. The van der Waals surface area contributed by atoms with Gasteiger partial charge < -0.3 is 10.1 Å². The fourth-order valence-electron chi connectivity index (χ4n) is 1.82. The lowest BCUT2D eigenvalue weighted by Crippen LogP contribution is -2.26. The fourth-order valence-corrected chi connectivity index (χ4v) is 1.82. The molecular formula is C13H22N2O. The minimum atomic E-state index is 0.280. The van der Waals surface area contributed by atoms with Crippen LogP contribution in [-0.2, 0) is 11.2 Å². The normalized spacial score (nSPS) is 12.7. The van der Waals surface area contributed by atoms with E-state index in [0.29, 0.717) is 6.61 Å². The molecule has 0 aliphatic carbocycles. The summed E-state index contributed by atoms with van der Waals surface area (Å²) in [6.45, 7) is 6.05. The van der Waals surface area contributed by atoms with Crippen molar-refractivity contribution in [1.82, 2.24) is 10.3 Å². The van der Waals surface area contributed by atoms with Crippen LogP contribution in [0.15, 0.2) is 18.5 Å². The van der Waals surface area contributed by atoms with Gasteiger partial charge in [0.15, 0.2) is 0 Å². The second-order valence-corrected chi connectivity index (χ2v) is 3.89. The average Bonchev–Trinajstić information content (AvgIpc) is 2.34. The van der Waals surface area contributed by atoms with E-state index in [0.717, 1.165) is 19.4 Å². The Bertz CT molecular complexity index is 302. The minimum Gasteiger partial charge on any atom is -0.383 e. The average molecular weight is 222 g/mol. The molecule has 0 spiro atoms. The van der Waals surface area contributed by atoms with Crippen molar-refractivity contribution in [2.24, 2.45) is 0 Å². The van der Waals surface area contributed by atoms with E-state index in [4.69, 9.17) is 4.74 Å². The molecule has 0 radical (unpaired) electrons. The van der Waals surface area contributed by atoms with Crippen LogP contribution in [0.5, 0.6) is 0 Å². The quantitative estimate of drug-likeness (QED) is 0.769. The Morgan fingerprint density at radius 1 is 1.44 bits per heavy atom. The Labute approximate surface area is 98.2 Å². The summed E-state index contributed by atoms with van der Waals surface area (Å²) in [5, 5.41) is 3.51. The van der Waals surface area contributed by atoms with E-state index in [-0.39, 0.29) is 6.04 Å². The number of hydrogen-bond donors (Lipinski definition) is 1. The Kier molecular flexibility index (Phi) is 6.04. The molecule has 1 N–H and O–H groups in total. The van der Waals surface area contributed by atoms with Crippen LogP contribution in [0.3, 0.4) is 0 Å². The van der Waals surface area contributed by atoms with Gasteiger partial charge in [0.2, 0.25) is 0 Å². The van der Waals surface area contributed by atoms with Crippen molar-refractivity contribution >= 4 is 0 Å². The molecule has 1 rings (SSSR count). The van der Waals surface area contributed by atoms with Crippen LogP contribution in [0.2, 0.25) is 0 Å². The van der Waals surface area contributed by atoms with Crippen LogP contribution in [-0.4, -0.2) is 25.2 Å². The molecule has 1 heterocycles. The Morgan fingerprint density at radius 3 is 2.88 bits per heavy atom. The number of hydrogen-bond acceptors (Lipinski definition) is 3. The van der Waals surface area contributed by atoms with E-state index < -0.39 is 0 Å². The summed E-state index contributed by atoms with van der Waals surface area (Å²) in [5.41, 5.74) is 2.61. The van der Waals surface area contributed by atoms with Crippen molar-refractivity contribution < 1.29 is 4.74 Å². The molecule has 0 saturated heterocycles. The summed E-state index contributed by atoms with van der Waals surface area (Å²) >= 11 is 0. The third-order valence-corrected chi connectivity index (χ3v) is 2.67. The number of nitrogens with one attached hydrogen (secondary N) is 1. The summed E-state index contributed by atoms with van der Waals surface area (Å²) in [4.78, 5) is 4.17. The molecule has 90 valence electrons. The molecule has 1 atom stereocenters. The summed E-state index contributed by atoms with van der Waals surface area (Å²) in [5.74, 6) is 0. The number of nitrogens with zero attached hydrogens (tertiary/aromatic N) is 1. The highest BCUT2D eigenvalue weighted by Crippen LogP contribution is 2.18. The lowest BCUT2D eigenvalue weighted by Gasteiger charge is -2.20. The van der Waals surface area contributed by atoms with Gasteiger partial charge in [0.05, 0.1) is 12.6 Å². The first-order chi connectivity index (χ1) is 7.83. The Morgan fingerprint density at radius 2 is 2.25 bits per heavy atom. The largest absolute Gasteiger partial charge is 0.383 e. The predicted molar refractivity (Wildman–Crippen MR) is 66.5 cm³/mol. The van der Waals surface area contributed by atoms with Gasteiger partial charge in [-0.1, -0.05) is 13.8 Å². The van der Waals surface area contributed by atoms with Gasteiger partial charge in [-0.05, 0) is 36.6 Å². The Balaban J connectivity index is 2.81. The third-order valence-electron chi connectivity index (χ3n) is 2.67. The summed E-state index contributed by atoms with van der Waals surface area (Å²) in [6.07, 6.45) is 5.94. The smallest absolute Gasteiger partial charge is 0.0657 e. The van der Waals surface area contributed by atoms with Crippen LogP contribution >= 0.6 is 0 Å². The van der Waals surface area contributed by atoms with Crippen molar-refractivity contribution in [2.75, 3.05) is 20.3 Å². The summed E-state index contributed by atoms with van der Waals surface area (Å²) in [7, 11) is 1.74. The van der Waals surface area contributed by atoms with E-state index in [1.807, 2.05) is 12.4 Å². The molecule has 0 aliphatic rings. The number of pyridine rings is 1. The topological polar surface area (TPSA) is 34.1 Å². The first kappa shape index (κ1) is 13.1. The fraction of sp³-hybridized carbons (Fsp3) is 0.615. The number of ether oxygens (including phenoxy) is 1. The van der Waals surface area contributed by atoms with Crippen LogP contribution in [0.25, 0.3) is 0 Å². The van der Waals surface area contributed by atoms with Crippen molar-refractivity contribution in [3.63, 3.8) is 0 Å². The van der Waals surface area contributed by atoms with Gasteiger partial charge in [0.25, 0.3) is 0 Å². The van der Waals surface area contributed by atoms with Gasteiger partial charge in [-0.15, -0.1) is 0 Å². The maximum Gasteiger partial charge on any atom is 0.0657 e. The lowest BCUT2D eigenvalue weighted by molar-refractivity contribution is 0.166. The van der Waals surface area contributed by atoms with Crippen LogP contribution in [0, 0.1) is 0 Å². The molecule has 3 heteroatoms. The van der Waals surface area contributed by atoms with Crippen molar-refractivity contribution in [2.45, 2.75) is 32.7 Å². The minimum absolute atomic E-state index is 0.280. The number of aromatic nitrogens is 1. The van der Waals surface area contributed by atoms with Gasteiger partial charge in [0.1, 0.15) is 0 Å². The first-order valence-corrected chi connectivity index (χ1v) is 5.98. The van der Waals surface area contributed by atoms with Gasteiger partial charge in [-0.25, -0.2) is 0 Å². The third kappa shape index (κ3) is 3.58. The van der Waals surface area contributed by atoms with Crippen LogP contribution in [0.4, 0.5) is 0 Å². The molecule has 1 aromatic heterocycles. The molecule has 0 saturated carbocycles. The summed E-state index contributed by atoms with van der Waals surface area (Å²) in [6, 6.07) is 2.37. The van der Waals surface area contributed by atoms with Crippen molar-refractivity contribution in [1.29, 1.82) is 0 Å². The van der Waals surface area contributed by atoms with Crippen LogP contribution in [0.1, 0.15) is 37.4 Å². The monoisotopic (exact) mass is 222 g/mol. The van der Waals surface area contributed by atoms with E-state index in [9.17, 15) is 0 Å². The standard InChI is InChI=1S/C13H22N2O/c1-4-7-15-13(10-16-3)12-6-8-14-9-11(12)5-2/h6,8-9,13,15H,4-5,7,10H2,1-3H3. The Hall–Kier alpha value is -0.930. The number of rotatable bonds is 7. The SMILES string of the molecule is CCCNC(COC)c1ccncc1CC. The number of aryl methyl sites for hydroxylation is 1. The zero-order chi connectivity index (χ0) is 11.8. The lowest BCUT2D eigenvalue weighted by atomic mass is 10.0. The molecule has 1 unspecified atom stereocenters. The summed E-state index contributed by atoms with van der Waals surface area (Å²) < 4.78 is 5.27. The molecule has 0 bridgehead atoms. The molecule has 0 aromatic carbocycles. The second-order valence-electron chi connectivity index (χ2n) is 3.89. The molecule has 16 heavy (non-hydrogen) atoms. The maximum absolute atomic E-state index is 5.27. The highest BCUT2D eigenvalue weighted by molar-refractivity contribution is 5.26. The van der Waals surface area contributed by atoms with E-state index in [2.05, 4.69) is 30.2 Å².